The van der Waals surface area contributed by atoms with Crippen LogP contribution in [0.15, 0.2) is 30.5 Å². The average molecular weight is 271 g/mol. The van der Waals surface area contributed by atoms with Crippen LogP contribution in [0, 0.1) is 6.92 Å². The molecule has 0 unspecified atom stereocenters. The van der Waals surface area contributed by atoms with Gasteiger partial charge in [-0.3, -0.25) is 14.7 Å². The van der Waals surface area contributed by atoms with E-state index in [0.717, 1.165) is 16.5 Å². The molecule has 106 valence electrons. The molecule has 0 spiro atoms. The lowest BCUT2D eigenvalue weighted by Gasteiger charge is -2.19. The summed E-state index contributed by atoms with van der Waals surface area (Å²) >= 11 is 0. The largest absolute Gasteiger partial charge is 0.351 e. The maximum Gasteiger partial charge on any atom is 0.237 e. The Balaban J connectivity index is 2.22. The number of rotatable bonds is 4. The second-order valence-corrected chi connectivity index (χ2v) is 5.29. The molecule has 1 aromatic carbocycles. The monoisotopic (exact) mass is 271 g/mol. The highest BCUT2D eigenvalue weighted by molar-refractivity contribution is 5.85. The van der Waals surface area contributed by atoms with Gasteiger partial charge in [0.05, 0.1) is 11.6 Å². The highest BCUT2D eigenvalue weighted by Crippen LogP contribution is 2.20. The van der Waals surface area contributed by atoms with Crippen molar-refractivity contribution in [1.82, 2.24) is 15.2 Å². The molecule has 2 aromatic rings. The topological polar surface area (TPSA) is 45.2 Å². The van der Waals surface area contributed by atoms with E-state index in [2.05, 4.69) is 17.2 Å². The van der Waals surface area contributed by atoms with Gasteiger partial charge in [-0.25, -0.2) is 0 Å². The fourth-order valence-electron chi connectivity index (χ4n) is 2.11. The molecule has 1 heterocycles. The first-order valence-electron chi connectivity index (χ1n) is 6.78. The Labute approximate surface area is 119 Å². The molecule has 0 saturated heterocycles. The molecule has 2 rings (SSSR count). The lowest BCUT2D eigenvalue weighted by atomic mass is 10.0. The highest BCUT2D eigenvalue weighted by Gasteiger charge is 2.15. The summed E-state index contributed by atoms with van der Waals surface area (Å²) in [6.07, 6.45) is 1.79. The zero-order chi connectivity index (χ0) is 14.7. The van der Waals surface area contributed by atoms with Crippen LogP contribution in [0.25, 0.3) is 10.9 Å². The van der Waals surface area contributed by atoms with E-state index >= 15 is 0 Å². The number of likely N-dealkylation sites (N-methyl/N-ethyl adjacent to an activating group) is 1. The average Bonchev–Trinajstić information content (AvgIpc) is 2.45. The smallest absolute Gasteiger partial charge is 0.237 e. The predicted octanol–water partition coefficient (Wildman–Crippen LogP) is 2.11. The Morgan fingerprint density at radius 1 is 1.35 bits per heavy atom. The van der Waals surface area contributed by atoms with Gasteiger partial charge in [0, 0.05) is 18.1 Å². The molecule has 1 amide bonds. The number of nitrogens with zero attached hydrogens (tertiary/aromatic N) is 2. The van der Waals surface area contributed by atoms with Crippen LogP contribution in [0.4, 0.5) is 0 Å². The minimum absolute atomic E-state index is 0.0373. The van der Waals surface area contributed by atoms with Crippen LogP contribution in [0.2, 0.25) is 0 Å². The Morgan fingerprint density at radius 3 is 2.80 bits per heavy atom. The van der Waals surface area contributed by atoms with E-state index in [9.17, 15) is 4.79 Å². The lowest BCUT2D eigenvalue weighted by Crippen LogP contribution is -2.41. The molecule has 0 fully saturated rings. The third kappa shape index (κ3) is 2.96. The molecular formula is C16H21N3O. The number of amides is 1. The molecule has 20 heavy (non-hydrogen) atoms. The van der Waals surface area contributed by atoms with E-state index in [-0.39, 0.29) is 11.9 Å². The van der Waals surface area contributed by atoms with Crippen LogP contribution < -0.4 is 5.32 Å². The van der Waals surface area contributed by atoms with Crippen molar-refractivity contribution in [3.05, 3.63) is 41.6 Å². The fraction of sp³-hybridized carbons (Fsp3) is 0.375. The van der Waals surface area contributed by atoms with Gasteiger partial charge in [0.2, 0.25) is 5.91 Å². The molecule has 0 radical (unpaired) electrons. The summed E-state index contributed by atoms with van der Waals surface area (Å²) in [6, 6.07) is 7.90. The van der Waals surface area contributed by atoms with Crippen molar-refractivity contribution in [2.24, 2.45) is 0 Å². The number of carbonyl (C=O) groups excluding carboxylic acids is 1. The zero-order valence-electron chi connectivity index (χ0n) is 12.5. The van der Waals surface area contributed by atoms with Crippen molar-refractivity contribution in [2.75, 3.05) is 14.1 Å². The molecule has 1 aromatic heterocycles. The number of aromatic nitrogens is 1. The molecule has 0 aliphatic heterocycles. The zero-order valence-corrected chi connectivity index (χ0v) is 12.5. The van der Waals surface area contributed by atoms with Gasteiger partial charge in [-0.1, -0.05) is 12.1 Å². The van der Waals surface area contributed by atoms with E-state index in [4.69, 9.17) is 0 Å². The van der Waals surface area contributed by atoms with Crippen LogP contribution in [0.1, 0.15) is 18.1 Å². The molecule has 4 nitrogen and oxygen atoms in total. The molecule has 0 saturated carbocycles. The summed E-state index contributed by atoms with van der Waals surface area (Å²) in [7, 11) is 3.80. The predicted molar refractivity (Wildman–Crippen MR) is 81.5 cm³/mol. The normalized spacial score (nSPS) is 12.7. The number of benzene rings is 1. The van der Waals surface area contributed by atoms with Gasteiger partial charge in [0.25, 0.3) is 0 Å². The van der Waals surface area contributed by atoms with Crippen molar-refractivity contribution < 1.29 is 4.79 Å². The molecule has 0 aliphatic carbocycles. The molecule has 1 atom stereocenters. The molecular weight excluding hydrogens is 250 g/mol. The second kappa shape index (κ2) is 6.01. The number of carbonyl (C=O) groups is 1. The first-order chi connectivity index (χ1) is 9.50. The number of fused-ring (bicyclic) bond motifs is 1. The Bertz CT molecular complexity index is 622. The Hall–Kier alpha value is -1.94. The summed E-state index contributed by atoms with van der Waals surface area (Å²) in [6.45, 7) is 4.49. The second-order valence-electron chi connectivity index (χ2n) is 5.29. The summed E-state index contributed by atoms with van der Waals surface area (Å²) in [4.78, 5) is 18.3. The lowest BCUT2D eigenvalue weighted by molar-refractivity contribution is -0.125. The number of hydrogen-bond donors (Lipinski definition) is 1. The molecule has 4 heteroatoms. The van der Waals surface area contributed by atoms with E-state index in [1.807, 2.05) is 50.2 Å². The maximum absolute atomic E-state index is 12.0. The van der Waals surface area contributed by atoms with Gasteiger partial charge in [0.1, 0.15) is 0 Å². The minimum Gasteiger partial charge on any atom is -0.351 e. The van der Waals surface area contributed by atoms with E-state index in [1.54, 1.807) is 6.20 Å². The SMILES string of the molecule is Cc1ccc2ncccc2c1CNC(=O)[C@H](C)N(C)C. The van der Waals surface area contributed by atoms with Crippen molar-refractivity contribution in [3.8, 4) is 0 Å². The summed E-state index contributed by atoms with van der Waals surface area (Å²) in [5.41, 5.74) is 3.27. The van der Waals surface area contributed by atoms with Crippen LogP contribution in [-0.4, -0.2) is 35.9 Å². The number of aryl methyl sites for hydroxylation is 1. The van der Waals surface area contributed by atoms with Gasteiger partial charge in [-0.05, 0) is 51.2 Å². The third-order valence-corrected chi connectivity index (χ3v) is 3.72. The van der Waals surface area contributed by atoms with Crippen LogP contribution in [-0.2, 0) is 11.3 Å². The standard InChI is InChI=1S/C16H21N3O/c1-11-7-8-15-13(6-5-9-17-15)14(11)10-18-16(20)12(2)19(3)4/h5-9,12H,10H2,1-4H3,(H,18,20)/t12-/m0/s1. The van der Waals surface area contributed by atoms with Crippen LogP contribution in [0.5, 0.6) is 0 Å². The third-order valence-electron chi connectivity index (χ3n) is 3.72. The summed E-state index contributed by atoms with van der Waals surface area (Å²) in [5.74, 6) is 0.0373. The fourth-order valence-corrected chi connectivity index (χ4v) is 2.11. The molecule has 0 aliphatic rings. The van der Waals surface area contributed by atoms with Gasteiger partial charge in [-0.15, -0.1) is 0 Å². The first-order valence-corrected chi connectivity index (χ1v) is 6.78. The van der Waals surface area contributed by atoms with Crippen LogP contribution >= 0.6 is 0 Å². The molecule has 0 bridgehead atoms. The van der Waals surface area contributed by atoms with Gasteiger partial charge in [0.15, 0.2) is 0 Å². The Kier molecular flexibility index (Phi) is 4.35. The van der Waals surface area contributed by atoms with Crippen molar-refractivity contribution >= 4 is 16.8 Å². The van der Waals surface area contributed by atoms with E-state index in [1.165, 1.54) is 5.56 Å². The number of nitrogens with one attached hydrogen (secondary N) is 1. The van der Waals surface area contributed by atoms with Crippen molar-refractivity contribution in [2.45, 2.75) is 26.4 Å². The minimum atomic E-state index is -0.136. The summed E-state index contributed by atoms with van der Waals surface area (Å²) < 4.78 is 0. The van der Waals surface area contributed by atoms with Gasteiger partial charge in [-0.2, -0.15) is 0 Å². The van der Waals surface area contributed by atoms with Gasteiger partial charge >= 0.3 is 0 Å². The van der Waals surface area contributed by atoms with Crippen molar-refractivity contribution in [1.29, 1.82) is 0 Å². The Morgan fingerprint density at radius 2 is 2.10 bits per heavy atom. The van der Waals surface area contributed by atoms with Crippen molar-refractivity contribution in [3.63, 3.8) is 0 Å². The van der Waals surface area contributed by atoms with E-state index in [0.29, 0.717) is 6.54 Å². The van der Waals surface area contributed by atoms with Crippen LogP contribution in [0.3, 0.4) is 0 Å². The van der Waals surface area contributed by atoms with Gasteiger partial charge < -0.3 is 5.32 Å². The number of hydrogen-bond acceptors (Lipinski definition) is 3. The quantitative estimate of drug-likeness (QED) is 0.926. The first kappa shape index (κ1) is 14.5. The maximum atomic E-state index is 12.0. The highest BCUT2D eigenvalue weighted by atomic mass is 16.2. The number of pyridine rings is 1. The summed E-state index contributed by atoms with van der Waals surface area (Å²) in [5, 5.41) is 4.11. The molecule has 1 N–H and O–H groups in total. The van der Waals surface area contributed by atoms with E-state index < -0.39 is 0 Å².